The Labute approximate surface area is 184 Å². The van der Waals surface area contributed by atoms with Crippen LogP contribution in [0.3, 0.4) is 0 Å². The fourth-order valence-electron chi connectivity index (χ4n) is 2.43. The van der Waals surface area contributed by atoms with Crippen molar-refractivity contribution in [3.63, 3.8) is 0 Å². The normalized spacial score (nSPS) is 10.9. The van der Waals surface area contributed by atoms with E-state index in [4.69, 9.17) is 33.2 Å². The molecule has 2 aromatic carbocycles. The molecule has 158 valence electrons. The van der Waals surface area contributed by atoms with Crippen LogP contribution < -0.4 is 9.62 Å². The number of hydrogen-bond donors (Lipinski definition) is 1. The minimum atomic E-state index is -3.80. The second kappa shape index (κ2) is 10.4. The van der Waals surface area contributed by atoms with Gasteiger partial charge in [0.05, 0.1) is 28.0 Å². The van der Waals surface area contributed by atoms with Crippen molar-refractivity contribution < 1.29 is 22.7 Å². The van der Waals surface area contributed by atoms with E-state index in [9.17, 15) is 18.0 Å². The molecule has 0 saturated carbocycles. The summed E-state index contributed by atoms with van der Waals surface area (Å²) in [5.41, 5.74) is 0.242. The zero-order valence-electron chi connectivity index (χ0n) is 15.8. The van der Waals surface area contributed by atoms with E-state index in [-0.39, 0.29) is 28.4 Å². The Morgan fingerprint density at radius 1 is 1.20 bits per heavy atom. The highest BCUT2D eigenvalue weighted by Gasteiger charge is 2.21. The maximum absolute atomic E-state index is 12.6. The first kappa shape index (κ1) is 23.6. The molecule has 0 aliphatic rings. The summed E-state index contributed by atoms with van der Waals surface area (Å²) in [6.07, 6.45) is 0.0575. The molecular weight excluding hydrogens is 453 g/mol. The average Bonchev–Trinajstić information content (AvgIpc) is 2.72. The van der Waals surface area contributed by atoms with E-state index in [0.717, 1.165) is 6.07 Å². The number of nitrogens with zero attached hydrogens (tertiary/aromatic N) is 2. The van der Waals surface area contributed by atoms with Gasteiger partial charge in [0, 0.05) is 17.3 Å². The Balaban J connectivity index is 2.18. The van der Waals surface area contributed by atoms with Crippen LogP contribution in [0.25, 0.3) is 0 Å². The lowest BCUT2D eigenvalue weighted by Crippen LogP contribution is -2.35. The molecule has 11 heteroatoms. The monoisotopic (exact) mass is 469 g/mol. The van der Waals surface area contributed by atoms with E-state index in [1.807, 2.05) is 6.07 Å². The third kappa shape index (κ3) is 5.93. The summed E-state index contributed by atoms with van der Waals surface area (Å²) in [5, 5.41) is 9.21. The first-order valence-electron chi connectivity index (χ1n) is 8.52. The number of benzene rings is 2. The van der Waals surface area contributed by atoms with Gasteiger partial charge in [0.2, 0.25) is 10.0 Å². The van der Waals surface area contributed by atoms with E-state index in [2.05, 4.69) is 4.72 Å². The Kier molecular flexibility index (Phi) is 8.20. The zero-order chi connectivity index (χ0) is 22.3. The van der Waals surface area contributed by atoms with Crippen molar-refractivity contribution in [3.8, 4) is 6.07 Å². The van der Waals surface area contributed by atoms with Gasteiger partial charge in [0.25, 0.3) is 5.91 Å². The van der Waals surface area contributed by atoms with E-state index in [0.29, 0.717) is 10.7 Å². The number of amides is 1. The van der Waals surface area contributed by atoms with Crippen LogP contribution >= 0.6 is 23.2 Å². The molecule has 0 atom stereocenters. The summed E-state index contributed by atoms with van der Waals surface area (Å²) in [5.74, 6) is -1.55. The van der Waals surface area contributed by atoms with Gasteiger partial charge in [0.15, 0.2) is 6.61 Å². The lowest BCUT2D eigenvalue weighted by Gasteiger charge is -2.22. The quantitative estimate of drug-likeness (QED) is 0.593. The molecule has 0 saturated heterocycles. The van der Waals surface area contributed by atoms with Gasteiger partial charge in [-0.1, -0.05) is 29.3 Å². The Morgan fingerprint density at radius 3 is 2.57 bits per heavy atom. The second-order valence-corrected chi connectivity index (χ2v) is 8.59. The van der Waals surface area contributed by atoms with Crippen LogP contribution in [0.15, 0.2) is 47.4 Å². The standard InChI is InChI=1S/C19H17Cl2N3O5S/c1-23-30(27,28)15-6-7-17(21)16(11-15)19(26)29-12-18(25)24(9-3-8-22)14-5-2-4-13(20)10-14/h2,4-7,10-11,23H,3,9,12H2,1H3. The van der Waals surface area contributed by atoms with Crippen molar-refractivity contribution in [3.05, 3.63) is 58.1 Å². The average molecular weight is 470 g/mol. The number of nitriles is 1. The fraction of sp³-hybridized carbons (Fsp3) is 0.211. The molecule has 0 fully saturated rings. The van der Waals surface area contributed by atoms with Crippen molar-refractivity contribution in [2.24, 2.45) is 0 Å². The summed E-state index contributed by atoms with van der Waals surface area (Å²) < 4.78 is 31.0. The molecule has 1 amide bonds. The highest BCUT2D eigenvalue weighted by Crippen LogP contribution is 2.22. The molecular formula is C19H17Cl2N3O5S. The molecule has 0 bridgehead atoms. The third-order valence-electron chi connectivity index (χ3n) is 3.93. The van der Waals surface area contributed by atoms with Gasteiger partial charge in [0.1, 0.15) is 0 Å². The minimum absolute atomic E-state index is 0.0290. The molecule has 0 aromatic heterocycles. The van der Waals surface area contributed by atoms with Crippen LogP contribution in [-0.2, 0) is 19.6 Å². The van der Waals surface area contributed by atoms with Crippen LogP contribution in [-0.4, -0.2) is 40.5 Å². The summed E-state index contributed by atoms with van der Waals surface area (Å²) in [4.78, 5) is 26.1. The topological polar surface area (TPSA) is 117 Å². The van der Waals surface area contributed by atoms with Gasteiger partial charge >= 0.3 is 5.97 Å². The van der Waals surface area contributed by atoms with Crippen molar-refractivity contribution in [1.29, 1.82) is 5.26 Å². The zero-order valence-corrected chi connectivity index (χ0v) is 18.1. The molecule has 2 aromatic rings. The number of rotatable bonds is 8. The molecule has 30 heavy (non-hydrogen) atoms. The number of nitrogens with one attached hydrogen (secondary N) is 1. The van der Waals surface area contributed by atoms with Crippen LogP contribution in [0.2, 0.25) is 10.0 Å². The molecule has 0 unspecified atom stereocenters. The molecule has 0 radical (unpaired) electrons. The Morgan fingerprint density at radius 2 is 1.93 bits per heavy atom. The number of carbonyl (C=O) groups excluding carboxylic acids is 2. The predicted octanol–water partition coefficient (Wildman–Crippen LogP) is 3.01. The third-order valence-corrected chi connectivity index (χ3v) is 5.91. The molecule has 2 rings (SSSR count). The highest BCUT2D eigenvalue weighted by molar-refractivity contribution is 7.89. The summed E-state index contributed by atoms with van der Waals surface area (Å²) >= 11 is 11.9. The van der Waals surface area contributed by atoms with Crippen molar-refractivity contribution in [2.75, 3.05) is 25.1 Å². The van der Waals surface area contributed by atoms with Crippen LogP contribution in [0.1, 0.15) is 16.8 Å². The molecule has 1 N–H and O–H groups in total. The molecule has 0 aliphatic heterocycles. The minimum Gasteiger partial charge on any atom is -0.452 e. The largest absolute Gasteiger partial charge is 0.452 e. The maximum atomic E-state index is 12.6. The van der Waals surface area contributed by atoms with Crippen LogP contribution in [0.4, 0.5) is 5.69 Å². The van der Waals surface area contributed by atoms with Crippen molar-refractivity contribution in [1.82, 2.24) is 4.72 Å². The van der Waals surface area contributed by atoms with Gasteiger partial charge in [-0.05, 0) is 43.4 Å². The van der Waals surface area contributed by atoms with E-state index in [1.165, 1.54) is 24.1 Å². The van der Waals surface area contributed by atoms with Gasteiger partial charge in [-0.15, -0.1) is 0 Å². The number of halogens is 2. The van der Waals surface area contributed by atoms with Gasteiger partial charge < -0.3 is 9.64 Å². The molecule has 0 heterocycles. The first-order chi connectivity index (χ1) is 14.2. The number of sulfonamides is 1. The number of esters is 1. The summed E-state index contributed by atoms with van der Waals surface area (Å²) in [7, 11) is -2.57. The van der Waals surface area contributed by atoms with Gasteiger partial charge in [-0.25, -0.2) is 17.9 Å². The number of hydrogen-bond acceptors (Lipinski definition) is 6. The summed E-state index contributed by atoms with van der Waals surface area (Å²) in [6, 6.07) is 11.9. The van der Waals surface area contributed by atoms with Crippen LogP contribution in [0, 0.1) is 11.3 Å². The molecule has 0 aliphatic carbocycles. The highest BCUT2D eigenvalue weighted by atomic mass is 35.5. The van der Waals surface area contributed by atoms with Crippen LogP contribution in [0.5, 0.6) is 0 Å². The molecule has 0 spiro atoms. The fourth-order valence-corrected chi connectivity index (χ4v) is 3.57. The van der Waals surface area contributed by atoms with Crippen molar-refractivity contribution >= 4 is 50.8 Å². The SMILES string of the molecule is CNS(=O)(=O)c1ccc(Cl)c(C(=O)OCC(=O)N(CCC#N)c2cccc(Cl)c2)c1. The number of carbonyl (C=O) groups is 2. The van der Waals surface area contributed by atoms with Gasteiger partial charge in [-0.3, -0.25) is 4.79 Å². The maximum Gasteiger partial charge on any atom is 0.340 e. The first-order valence-corrected chi connectivity index (χ1v) is 10.8. The number of anilines is 1. The Hall–Kier alpha value is -2.64. The number of ether oxygens (including phenoxy) is 1. The Bertz CT molecular complexity index is 1100. The van der Waals surface area contributed by atoms with E-state index in [1.54, 1.807) is 24.3 Å². The van der Waals surface area contributed by atoms with Gasteiger partial charge in [-0.2, -0.15) is 5.26 Å². The molecule has 8 nitrogen and oxygen atoms in total. The lowest BCUT2D eigenvalue weighted by molar-refractivity contribution is -0.121. The lowest BCUT2D eigenvalue weighted by atomic mass is 10.2. The van der Waals surface area contributed by atoms with E-state index < -0.39 is 28.5 Å². The van der Waals surface area contributed by atoms with E-state index >= 15 is 0 Å². The van der Waals surface area contributed by atoms with Crippen molar-refractivity contribution in [2.45, 2.75) is 11.3 Å². The predicted molar refractivity (Wildman–Crippen MR) is 112 cm³/mol. The second-order valence-electron chi connectivity index (χ2n) is 5.86. The summed E-state index contributed by atoms with van der Waals surface area (Å²) in [6.45, 7) is -0.569. The smallest absolute Gasteiger partial charge is 0.340 e.